The molecule has 310 valence electrons. The van der Waals surface area contributed by atoms with Gasteiger partial charge in [-0.25, -0.2) is 0 Å². The Balaban J connectivity index is -0.000000212. The number of rotatable bonds is 4. The number of phenols is 3. The van der Waals surface area contributed by atoms with E-state index in [2.05, 4.69) is 19.1 Å². The second kappa shape index (κ2) is 40.2. The number of hydrogen-bond donors (Lipinski definition) is 3. The van der Waals surface area contributed by atoms with E-state index in [0.29, 0.717) is 5.75 Å². The standard InChI is InChI=1S/C20H18O2.C8H8O.C6H6O.5C2H6.2CH3NO2/c1-20(15-5-3-2-4-6-15,16-7-11-18(21)12-8-16)17-9-13-19(22)14-10-17;1-7(9)8-5-3-2-4-6-8;7-6-4-2-1-3-5-6;5*1-2;2*1-2(3)4/h2-14,21-22H,1H3;2-6H,1H3;1-5,7H;5*1-2H3;2*1H3. The van der Waals surface area contributed by atoms with Crippen molar-refractivity contribution in [3.05, 3.63) is 182 Å². The Bertz CT molecular complexity index is 1530. The molecule has 0 heterocycles. The average molecular weight is 777 g/mol. The van der Waals surface area contributed by atoms with Crippen LogP contribution in [0.2, 0.25) is 0 Å². The third-order valence-corrected chi connectivity index (χ3v) is 6.18. The normalized spacial score (nSPS) is 8.39. The lowest BCUT2D eigenvalue weighted by Crippen LogP contribution is -2.25. The third kappa shape index (κ3) is 29.4. The summed E-state index contributed by atoms with van der Waals surface area (Å²) in [6.45, 7) is 23.7. The van der Waals surface area contributed by atoms with Gasteiger partial charge in [0.1, 0.15) is 17.2 Å². The van der Waals surface area contributed by atoms with Crippen LogP contribution >= 0.6 is 0 Å². The fraction of sp³-hybridized carbons (Fsp3) is 0.326. The third-order valence-electron chi connectivity index (χ3n) is 6.18. The molecule has 5 rings (SSSR count). The van der Waals surface area contributed by atoms with Gasteiger partial charge in [-0.3, -0.25) is 25.0 Å². The number of hydrogen-bond acceptors (Lipinski definition) is 8. The molecule has 3 N–H and O–H groups in total. The summed E-state index contributed by atoms with van der Waals surface area (Å²) in [6.07, 6.45) is 0. The number of carbonyl (C=O) groups is 1. The summed E-state index contributed by atoms with van der Waals surface area (Å²) in [4.78, 5) is 27.3. The van der Waals surface area contributed by atoms with E-state index in [1.165, 1.54) is 0 Å². The van der Waals surface area contributed by atoms with Crippen LogP contribution in [0.25, 0.3) is 0 Å². The summed E-state index contributed by atoms with van der Waals surface area (Å²) < 4.78 is 0. The molecule has 5 aromatic rings. The van der Waals surface area contributed by atoms with Crippen molar-refractivity contribution < 1.29 is 30.0 Å². The molecule has 0 aliphatic carbocycles. The molecular weight excluding hydrogens is 709 g/mol. The van der Waals surface area contributed by atoms with Crippen LogP contribution in [0.1, 0.15) is 110 Å². The number of phenolic OH excluding ortho intramolecular Hbond substituents is 3. The Labute approximate surface area is 336 Å². The topological polar surface area (TPSA) is 164 Å². The first-order chi connectivity index (χ1) is 26.8. The minimum Gasteiger partial charge on any atom is -0.508 e. The molecule has 0 unspecified atom stereocenters. The molecule has 10 heteroatoms. The first-order valence-electron chi connectivity index (χ1n) is 18.9. The van der Waals surface area contributed by atoms with Crippen molar-refractivity contribution in [3.8, 4) is 17.2 Å². The van der Waals surface area contributed by atoms with Crippen molar-refractivity contribution in [2.24, 2.45) is 0 Å². The first kappa shape index (κ1) is 59.3. The lowest BCUT2D eigenvalue weighted by Gasteiger charge is -2.32. The summed E-state index contributed by atoms with van der Waals surface area (Å²) in [6, 6.07) is 42.8. The van der Waals surface area contributed by atoms with Gasteiger partial charge in [-0.2, -0.15) is 0 Å². The molecule has 0 aliphatic heterocycles. The minimum atomic E-state index is -0.500. The molecule has 5 aromatic carbocycles. The number of benzene rings is 5. The van der Waals surface area contributed by atoms with E-state index in [1.54, 1.807) is 55.5 Å². The second-order valence-corrected chi connectivity index (χ2v) is 9.72. The zero-order valence-corrected chi connectivity index (χ0v) is 36.1. The molecule has 0 aromatic heterocycles. The molecule has 56 heavy (non-hydrogen) atoms. The molecule has 0 aliphatic rings. The van der Waals surface area contributed by atoms with Crippen molar-refractivity contribution in [1.29, 1.82) is 0 Å². The largest absolute Gasteiger partial charge is 0.508 e. The minimum absolute atomic E-state index is 0.121. The summed E-state index contributed by atoms with van der Waals surface area (Å²) in [5, 5.41) is 45.4. The molecule has 0 amide bonds. The van der Waals surface area contributed by atoms with Crippen molar-refractivity contribution in [2.45, 2.75) is 88.5 Å². The van der Waals surface area contributed by atoms with Crippen LogP contribution in [0.3, 0.4) is 0 Å². The number of aromatic hydroxyl groups is 3. The highest BCUT2D eigenvalue weighted by atomic mass is 16.6. The van der Waals surface area contributed by atoms with Gasteiger partial charge in [-0.15, -0.1) is 0 Å². The molecule has 0 radical (unpaired) electrons. The monoisotopic (exact) mass is 776 g/mol. The van der Waals surface area contributed by atoms with E-state index in [0.717, 1.165) is 36.3 Å². The fourth-order valence-corrected chi connectivity index (χ4v) is 3.96. The van der Waals surface area contributed by atoms with Crippen LogP contribution in [-0.4, -0.2) is 45.0 Å². The molecule has 0 bridgehead atoms. The highest BCUT2D eigenvalue weighted by Gasteiger charge is 2.31. The van der Waals surface area contributed by atoms with E-state index in [9.17, 15) is 15.0 Å². The van der Waals surface area contributed by atoms with Gasteiger partial charge in [0.15, 0.2) is 19.9 Å². The molecule has 0 saturated heterocycles. The van der Waals surface area contributed by atoms with Crippen LogP contribution in [-0.2, 0) is 5.41 Å². The second-order valence-electron chi connectivity index (χ2n) is 9.72. The SMILES string of the molecule is CC.CC.CC.CC.CC.CC(=O)c1ccccc1.CC(c1ccccc1)(c1ccc(O)cc1)c1ccc(O)cc1.C[N+](=O)[O-].C[N+](=O)[O-].Oc1ccccc1. The Morgan fingerprint density at radius 2 is 0.661 bits per heavy atom. The number of Topliss-reactive ketones (excluding diaryl/α,β-unsaturated/α-hetero) is 1. The van der Waals surface area contributed by atoms with Gasteiger partial charge in [0.2, 0.25) is 0 Å². The fourth-order valence-electron chi connectivity index (χ4n) is 3.96. The highest BCUT2D eigenvalue weighted by Crippen LogP contribution is 2.39. The highest BCUT2D eigenvalue weighted by molar-refractivity contribution is 5.93. The summed E-state index contributed by atoms with van der Waals surface area (Å²) >= 11 is 0. The maximum absolute atomic E-state index is 10.6. The van der Waals surface area contributed by atoms with Crippen LogP contribution in [0.4, 0.5) is 0 Å². The average Bonchev–Trinajstić information content (AvgIpc) is 3.23. The Morgan fingerprint density at radius 3 is 0.875 bits per heavy atom. The van der Waals surface area contributed by atoms with Gasteiger partial charge >= 0.3 is 0 Å². The predicted octanol–water partition coefficient (Wildman–Crippen LogP) is 12.7. The Morgan fingerprint density at radius 1 is 0.446 bits per heavy atom. The van der Waals surface area contributed by atoms with Crippen molar-refractivity contribution >= 4 is 5.78 Å². The van der Waals surface area contributed by atoms with Gasteiger partial charge < -0.3 is 15.3 Å². The first-order valence-corrected chi connectivity index (χ1v) is 18.9. The van der Waals surface area contributed by atoms with Crippen LogP contribution < -0.4 is 0 Å². The maximum Gasteiger partial charge on any atom is 0.194 e. The molecule has 0 spiro atoms. The van der Waals surface area contributed by atoms with Crippen LogP contribution in [0.5, 0.6) is 17.2 Å². The van der Waals surface area contributed by atoms with Crippen LogP contribution in [0.15, 0.2) is 140 Å². The van der Waals surface area contributed by atoms with Gasteiger partial charge in [-0.1, -0.05) is 172 Å². The van der Waals surface area contributed by atoms with Gasteiger partial charge in [0.25, 0.3) is 0 Å². The molecular formula is C46H68N2O8. The van der Waals surface area contributed by atoms with Crippen molar-refractivity contribution in [3.63, 3.8) is 0 Å². The zero-order chi connectivity index (χ0) is 44.5. The Hall–Kier alpha value is -6.03. The molecule has 10 nitrogen and oxygen atoms in total. The van der Waals surface area contributed by atoms with Gasteiger partial charge in [-0.05, 0) is 66.9 Å². The summed E-state index contributed by atoms with van der Waals surface area (Å²) in [5.41, 5.74) is 3.75. The van der Waals surface area contributed by atoms with E-state index >= 15 is 0 Å². The quantitative estimate of drug-likeness (QED) is 0.0702. The summed E-state index contributed by atoms with van der Waals surface area (Å²) in [7, 11) is 1.78. The van der Waals surface area contributed by atoms with Crippen molar-refractivity contribution in [1.82, 2.24) is 0 Å². The van der Waals surface area contributed by atoms with Crippen LogP contribution in [0, 0.1) is 20.2 Å². The zero-order valence-electron chi connectivity index (χ0n) is 36.1. The molecule has 0 atom stereocenters. The number of ketones is 1. The number of nitro groups is 2. The van der Waals surface area contributed by atoms with E-state index < -0.39 is 9.85 Å². The summed E-state index contributed by atoms with van der Waals surface area (Å²) in [5.74, 6) is 0.952. The van der Waals surface area contributed by atoms with E-state index in [4.69, 9.17) is 25.3 Å². The van der Waals surface area contributed by atoms with E-state index in [1.807, 2.05) is 148 Å². The Kier molecular flexibility index (Phi) is 42.5. The number of nitrogens with zero attached hydrogens (tertiary/aromatic N) is 2. The van der Waals surface area contributed by atoms with Crippen molar-refractivity contribution in [2.75, 3.05) is 14.1 Å². The van der Waals surface area contributed by atoms with E-state index in [-0.39, 0.29) is 22.7 Å². The smallest absolute Gasteiger partial charge is 0.194 e. The maximum atomic E-state index is 10.6. The number of para-hydroxylation sites is 1. The molecule has 0 fully saturated rings. The molecule has 0 saturated carbocycles. The lowest BCUT2D eigenvalue weighted by molar-refractivity contribution is -0.445. The van der Waals surface area contributed by atoms with Gasteiger partial charge in [0.05, 0.1) is 0 Å². The predicted molar refractivity (Wildman–Crippen MR) is 235 cm³/mol. The lowest BCUT2D eigenvalue weighted by atomic mass is 9.71. The van der Waals surface area contributed by atoms with Gasteiger partial charge in [0, 0.05) is 20.8 Å². The number of carbonyl (C=O) groups excluding carboxylic acids is 1.